The van der Waals surface area contributed by atoms with Crippen LogP contribution in [0.2, 0.25) is 0 Å². The van der Waals surface area contributed by atoms with E-state index in [2.05, 4.69) is 35.4 Å². The van der Waals surface area contributed by atoms with Crippen LogP contribution < -0.4 is 10.1 Å². The number of aryl methyl sites for hydroxylation is 3. The summed E-state index contributed by atoms with van der Waals surface area (Å²) in [5.41, 5.74) is 3.20. The third kappa shape index (κ3) is 3.10. The molecule has 0 spiro atoms. The van der Waals surface area contributed by atoms with Gasteiger partial charge < -0.3 is 10.1 Å². The second kappa shape index (κ2) is 6.76. The first-order valence-electron chi connectivity index (χ1n) is 7.45. The molecule has 0 aliphatic heterocycles. The highest BCUT2D eigenvalue weighted by atomic mass is 16.5. The molecule has 1 N–H and O–H groups in total. The number of rotatable bonds is 7. The molecule has 0 bridgehead atoms. The number of nitrogens with zero attached hydrogens (tertiary/aromatic N) is 4. The van der Waals surface area contributed by atoms with Gasteiger partial charge in [0, 0.05) is 13.6 Å². The topological polar surface area (TPSA) is 56.9 Å². The largest absolute Gasteiger partial charge is 0.493 e. The van der Waals surface area contributed by atoms with E-state index in [1.54, 1.807) is 13.3 Å². The van der Waals surface area contributed by atoms with Gasteiger partial charge in [-0.2, -0.15) is 10.2 Å². The minimum atomic E-state index is 0.0218. The lowest BCUT2D eigenvalue weighted by atomic mass is 10.1. The molecule has 2 heterocycles. The molecule has 0 amide bonds. The molecule has 0 saturated carbocycles. The van der Waals surface area contributed by atoms with Crippen molar-refractivity contribution in [2.45, 2.75) is 39.8 Å². The normalized spacial score (nSPS) is 12.6. The van der Waals surface area contributed by atoms with Crippen LogP contribution in [0.4, 0.5) is 0 Å². The fourth-order valence-electron chi connectivity index (χ4n) is 2.59. The fraction of sp³-hybridized carbons (Fsp3) is 0.600. The molecule has 0 aliphatic rings. The Morgan fingerprint density at radius 3 is 2.76 bits per heavy atom. The molecule has 2 aromatic heterocycles. The number of methoxy groups -OCH3 is 1. The minimum absolute atomic E-state index is 0.0218. The summed E-state index contributed by atoms with van der Waals surface area (Å²) in [6.45, 7) is 8.05. The maximum Gasteiger partial charge on any atom is 0.161 e. The fourth-order valence-corrected chi connectivity index (χ4v) is 2.59. The van der Waals surface area contributed by atoms with E-state index in [1.165, 1.54) is 0 Å². The molecule has 6 nitrogen and oxygen atoms in total. The van der Waals surface area contributed by atoms with Crippen molar-refractivity contribution in [2.24, 2.45) is 7.05 Å². The van der Waals surface area contributed by atoms with Crippen molar-refractivity contribution >= 4 is 0 Å². The molecule has 1 atom stereocenters. The Morgan fingerprint density at radius 2 is 2.14 bits per heavy atom. The second-order valence-electron chi connectivity index (χ2n) is 5.14. The molecular formula is C15H25N5O. The van der Waals surface area contributed by atoms with E-state index in [0.29, 0.717) is 0 Å². The van der Waals surface area contributed by atoms with Crippen LogP contribution in [0.5, 0.6) is 5.75 Å². The summed E-state index contributed by atoms with van der Waals surface area (Å²) in [7, 11) is 3.62. The summed E-state index contributed by atoms with van der Waals surface area (Å²) in [6, 6.07) is 2.15. The lowest BCUT2D eigenvalue weighted by molar-refractivity contribution is 0.397. The van der Waals surface area contributed by atoms with Crippen molar-refractivity contribution in [3.05, 3.63) is 29.3 Å². The summed E-state index contributed by atoms with van der Waals surface area (Å²) in [5.74, 6) is 0.799. The molecule has 6 heteroatoms. The van der Waals surface area contributed by atoms with E-state index in [0.717, 1.165) is 42.3 Å². The summed E-state index contributed by atoms with van der Waals surface area (Å²) in [5, 5.41) is 12.5. The number of aromatic nitrogens is 4. The first kappa shape index (κ1) is 15.6. The highest BCUT2D eigenvalue weighted by Crippen LogP contribution is 2.30. The van der Waals surface area contributed by atoms with Crippen molar-refractivity contribution in [1.29, 1.82) is 0 Å². The van der Waals surface area contributed by atoms with Crippen molar-refractivity contribution < 1.29 is 4.74 Å². The molecule has 0 saturated heterocycles. The summed E-state index contributed by atoms with van der Waals surface area (Å²) in [4.78, 5) is 0. The van der Waals surface area contributed by atoms with E-state index in [-0.39, 0.29) is 6.04 Å². The van der Waals surface area contributed by atoms with Gasteiger partial charge in [-0.25, -0.2) is 0 Å². The summed E-state index contributed by atoms with van der Waals surface area (Å²) >= 11 is 0. The molecule has 0 fully saturated rings. The first-order chi connectivity index (χ1) is 10.1. The van der Waals surface area contributed by atoms with Gasteiger partial charge in [-0.15, -0.1) is 0 Å². The van der Waals surface area contributed by atoms with Crippen LogP contribution in [-0.2, 0) is 13.6 Å². The lowest BCUT2D eigenvalue weighted by Crippen LogP contribution is -2.28. The van der Waals surface area contributed by atoms with Gasteiger partial charge in [0.2, 0.25) is 0 Å². The number of ether oxygens (including phenoxy) is 1. The van der Waals surface area contributed by atoms with Crippen molar-refractivity contribution in [1.82, 2.24) is 24.9 Å². The van der Waals surface area contributed by atoms with Gasteiger partial charge >= 0.3 is 0 Å². The molecule has 0 aliphatic carbocycles. The number of hydrogen-bond donors (Lipinski definition) is 1. The Labute approximate surface area is 126 Å². The van der Waals surface area contributed by atoms with Gasteiger partial charge in [-0.3, -0.25) is 9.36 Å². The lowest BCUT2D eigenvalue weighted by Gasteiger charge is -2.21. The smallest absolute Gasteiger partial charge is 0.161 e. The van der Waals surface area contributed by atoms with Crippen molar-refractivity contribution in [3.63, 3.8) is 0 Å². The number of nitrogens with one attached hydrogen (secondary N) is 1. The van der Waals surface area contributed by atoms with E-state index in [4.69, 9.17) is 4.74 Å². The average molecular weight is 291 g/mol. The quantitative estimate of drug-likeness (QED) is 0.848. The van der Waals surface area contributed by atoms with Gasteiger partial charge in [0.1, 0.15) is 5.69 Å². The predicted octanol–water partition coefficient (Wildman–Crippen LogP) is 2.04. The van der Waals surface area contributed by atoms with Crippen molar-refractivity contribution in [2.75, 3.05) is 13.7 Å². The molecule has 2 aromatic rings. The summed E-state index contributed by atoms with van der Waals surface area (Å²) in [6.07, 6.45) is 2.82. The zero-order chi connectivity index (χ0) is 15.4. The van der Waals surface area contributed by atoms with Gasteiger partial charge in [0.15, 0.2) is 5.75 Å². The van der Waals surface area contributed by atoms with Crippen LogP contribution in [-0.4, -0.2) is 33.2 Å². The van der Waals surface area contributed by atoms with Crippen LogP contribution in [0.1, 0.15) is 43.4 Å². The zero-order valence-electron chi connectivity index (χ0n) is 13.6. The van der Waals surface area contributed by atoms with Crippen LogP contribution in [0.15, 0.2) is 12.3 Å². The van der Waals surface area contributed by atoms with Gasteiger partial charge in [-0.05, 0) is 32.9 Å². The second-order valence-corrected chi connectivity index (χ2v) is 5.14. The average Bonchev–Trinajstić information content (AvgIpc) is 3.03. The molecular weight excluding hydrogens is 266 g/mol. The highest BCUT2D eigenvalue weighted by molar-refractivity contribution is 5.34. The molecule has 116 valence electrons. The zero-order valence-corrected chi connectivity index (χ0v) is 13.6. The van der Waals surface area contributed by atoms with Crippen LogP contribution in [0.3, 0.4) is 0 Å². The Morgan fingerprint density at radius 1 is 1.38 bits per heavy atom. The Balaban J connectivity index is 2.49. The predicted molar refractivity (Wildman–Crippen MR) is 82.5 cm³/mol. The van der Waals surface area contributed by atoms with Gasteiger partial charge in [0.05, 0.1) is 30.7 Å². The van der Waals surface area contributed by atoms with Crippen LogP contribution in [0, 0.1) is 6.92 Å². The monoisotopic (exact) mass is 291 g/mol. The van der Waals surface area contributed by atoms with E-state index >= 15 is 0 Å². The number of hydrogen-bond acceptors (Lipinski definition) is 4. The van der Waals surface area contributed by atoms with Gasteiger partial charge in [-0.1, -0.05) is 6.92 Å². The van der Waals surface area contributed by atoms with Crippen LogP contribution >= 0.6 is 0 Å². The van der Waals surface area contributed by atoms with E-state index < -0.39 is 0 Å². The Bertz CT molecular complexity index is 587. The SMILES string of the molecule is CCCNC(c1c(OC)cnn1C)c1cc(C)nn1CC. The first-order valence-corrected chi connectivity index (χ1v) is 7.45. The van der Waals surface area contributed by atoms with Gasteiger partial charge in [0.25, 0.3) is 0 Å². The van der Waals surface area contributed by atoms with Crippen molar-refractivity contribution in [3.8, 4) is 5.75 Å². The molecule has 2 rings (SSSR count). The third-order valence-electron chi connectivity index (χ3n) is 3.57. The Hall–Kier alpha value is -1.82. The third-order valence-corrected chi connectivity index (χ3v) is 3.57. The maximum atomic E-state index is 5.48. The van der Waals surface area contributed by atoms with E-state index in [1.807, 2.05) is 23.3 Å². The minimum Gasteiger partial charge on any atom is -0.493 e. The highest BCUT2D eigenvalue weighted by Gasteiger charge is 2.25. The standard InChI is InChI=1S/C15H25N5O/c1-6-8-16-14(12-9-11(3)18-20(12)7-2)15-13(21-5)10-17-19(15)4/h9-10,14,16H,6-8H2,1-5H3. The molecule has 1 unspecified atom stereocenters. The maximum absolute atomic E-state index is 5.48. The van der Waals surface area contributed by atoms with E-state index in [9.17, 15) is 0 Å². The molecule has 0 aromatic carbocycles. The Kier molecular flexibility index (Phi) is 5.01. The molecule has 21 heavy (non-hydrogen) atoms. The molecule has 0 radical (unpaired) electrons. The van der Waals surface area contributed by atoms with Crippen LogP contribution in [0.25, 0.3) is 0 Å². The summed E-state index contributed by atoms with van der Waals surface area (Å²) < 4.78 is 9.38.